The van der Waals surface area contributed by atoms with Crippen LogP contribution in [0.25, 0.3) is 0 Å². The van der Waals surface area contributed by atoms with Crippen LogP contribution >= 0.6 is 45.1 Å². The molecule has 0 radical (unpaired) electrons. The average Bonchev–Trinajstić information content (AvgIpc) is 2.61. The highest BCUT2D eigenvalue weighted by Gasteiger charge is 2.56. The average molecular weight is 1320 g/mol. The molecule has 5 aliphatic heterocycles. The molecule has 0 aromatic carbocycles. The molecule has 86 heavy (non-hydrogen) atoms. The van der Waals surface area contributed by atoms with Crippen molar-refractivity contribution in [1.82, 2.24) is 0 Å². The molecular weight excluding hydrogens is 1220 g/mol. The normalized spacial score (nSPS) is 47.8. The van der Waals surface area contributed by atoms with Crippen molar-refractivity contribution in [1.29, 1.82) is 0 Å². The molecule has 0 aromatic heterocycles. The van der Waals surface area contributed by atoms with Crippen LogP contribution in [-0.2, 0) is 56.8 Å². The summed E-state index contributed by atoms with van der Waals surface area (Å²) in [5.74, 6) is 2.97. The lowest BCUT2D eigenvalue weighted by atomic mass is 9.84. The molecule has 2 saturated carbocycles. The van der Waals surface area contributed by atoms with E-state index in [0.717, 1.165) is 0 Å². The third-order valence-electron chi connectivity index (χ3n) is 16.4. The molecule has 7 aliphatic rings. The summed E-state index contributed by atoms with van der Waals surface area (Å²) in [5, 5.41) is 109. The molecule has 504 valence electrons. The zero-order valence-electron chi connectivity index (χ0n) is 47.7. The number of hydrogen-bond acceptors (Lipinski definition) is 37. The van der Waals surface area contributed by atoms with Crippen molar-refractivity contribution in [3.05, 3.63) is 0 Å². The van der Waals surface area contributed by atoms with Gasteiger partial charge in [0.05, 0.1) is 87.2 Å². The lowest BCUT2D eigenvalue weighted by Gasteiger charge is -2.48. The third-order valence-corrected chi connectivity index (χ3v) is 20.8. The van der Waals surface area contributed by atoms with Crippen LogP contribution in [0, 0.1) is 0 Å². The van der Waals surface area contributed by atoms with Crippen LogP contribution in [0.2, 0.25) is 0 Å². The lowest BCUT2D eigenvalue weighted by Crippen LogP contribution is -2.68. The predicted molar refractivity (Wildman–Crippen MR) is 314 cm³/mol. The molecule has 1 unspecified atom stereocenters. The highest BCUT2D eigenvalue weighted by Crippen LogP contribution is 2.37. The van der Waals surface area contributed by atoms with E-state index < -0.39 is 202 Å². The van der Waals surface area contributed by atoms with Crippen molar-refractivity contribution in [3.63, 3.8) is 0 Å². The molecule has 33 nitrogen and oxygen atoms in total. The zero-order chi connectivity index (χ0) is 62.7. The molecule has 5 heterocycles. The van der Waals surface area contributed by atoms with Gasteiger partial charge in [-0.15, -0.1) is 0 Å². The highest BCUT2D eigenvalue weighted by atomic mass is 33.1. The van der Waals surface area contributed by atoms with E-state index in [9.17, 15) is 51.1 Å². The van der Waals surface area contributed by atoms with Crippen LogP contribution < -0.4 is 63.1 Å². The Labute approximate surface area is 515 Å². The van der Waals surface area contributed by atoms with Crippen LogP contribution in [0.15, 0.2) is 0 Å². The third kappa shape index (κ3) is 18.5. The Morgan fingerprint density at radius 1 is 0.326 bits per heavy atom. The van der Waals surface area contributed by atoms with E-state index in [0.29, 0.717) is 49.4 Å². The molecule has 5 saturated heterocycles. The van der Waals surface area contributed by atoms with Crippen LogP contribution in [-0.4, -0.2) is 334 Å². The minimum atomic E-state index is -1.57. The smallest absolute Gasteiger partial charge is 0.187 e. The fourth-order valence-electron chi connectivity index (χ4n) is 11.3. The first-order chi connectivity index (χ1) is 41.0. The van der Waals surface area contributed by atoms with E-state index in [1.807, 2.05) is 0 Å². The Balaban J connectivity index is 0.794. The van der Waals surface area contributed by atoms with Gasteiger partial charge in [0.25, 0.3) is 0 Å². The van der Waals surface area contributed by atoms with Crippen molar-refractivity contribution in [2.75, 3.05) is 80.6 Å². The van der Waals surface area contributed by atoms with Crippen LogP contribution in [0.3, 0.4) is 0 Å². The van der Waals surface area contributed by atoms with Gasteiger partial charge in [-0.1, -0.05) is 21.6 Å². The number of aliphatic hydroxyl groups excluding tert-OH is 10. The van der Waals surface area contributed by atoms with Crippen LogP contribution in [0.5, 0.6) is 0 Å². The SMILES string of the molecule is NC[C@H]1O[C@H](O[C@H]2[C@H](O[C@@H]3O[C@H](CSCCOCCSSCCOCCSC[C@H]4O[C@H](OC5[C@H](N)C[C@H](N)[C@@H](O[C@H]6O[C@H](CN)[C@@H](O)C[C@H]6N)[C@@H]5O)[C@H](O)[C@@H](N)[C@@H]4O)[C@@H](O[C@H]4O[C@H](CN)[C@@H](O)[C@H](O)[C@H]4N)[C@H]3O)[C@@H](O)[C@H](N)C[C@@H]2N)[C@H](N)[C@@H](O)[C@@H]1O. The Hall–Kier alpha value is 0.0800. The zero-order valence-corrected chi connectivity index (χ0v) is 51.0. The van der Waals surface area contributed by atoms with Gasteiger partial charge < -0.3 is 171 Å². The standard InChI is InChI=1S/C49H97N11O22S4/c50-12-23-22(61)11-21(57)45(73-23)78-40-18(54)10-19(55)41(38(40)69)79-48-37(68)28(58)32(63)26(76-48)15-83-5-1-71-3-7-85-86-8-4-72-2-6-84-16-27-43(81-47-30(60)36(67)34(65)25(14-52)75-47)39(70)49(77-27)82-44-31(62)17(53)9-20(56)42(44)80-46-29(59)35(66)33(64)24(13-51)74-46/h17-49,61-70H,1-16,50-60H2/t17-,18+,19-,20+,21-,22+,23-,24-,25-,26-,27-,28+,29-,30-,31+,32-,33-,34-,35-,36-,37-,38+,39-,40-,41?,42-,43-,44-,45-,46-,47-,48-,49+/m1/s1. The maximum absolute atomic E-state index is 11.8. The Bertz CT molecular complexity index is 1970. The van der Waals surface area contributed by atoms with Crippen molar-refractivity contribution in [3.8, 4) is 0 Å². The molecule has 0 amide bonds. The summed E-state index contributed by atoms with van der Waals surface area (Å²) in [6.07, 6.45) is -30.3. The maximum Gasteiger partial charge on any atom is 0.187 e. The molecule has 37 heteroatoms. The number of aliphatic hydroxyl groups is 10. The molecule has 32 N–H and O–H groups in total. The molecular formula is C49H97N11O22S4. The second kappa shape index (κ2) is 35.0. The van der Waals surface area contributed by atoms with Gasteiger partial charge in [0.1, 0.15) is 85.5 Å². The molecule has 7 rings (SSSR count). The van der Waals surface area contributed by atoms with Gasteiger partial charge in [-0.2, -0.15) is 23.5 Å². The van der Waals surface area contributed by atoms with E-state index in [1.54, 1.807) is 21.6 Å². The van der Waals surface area contributed by atoms with Crippen molar-refractivity contribution in [2.24, 2.45) is 63.1 Å². The van der Waals surface area contributed by atoms with E-state index >= 15 is 0 Å². The molecule has 2 aliphatic carbocycles. The summed E-state index contributed by atoms with van der Waals surface area (Å²) in [6.45, 7) is 1.38. The largest absolute Gasteiger partial charge is 0.390 e. The summed E-state index contributed by atoms with van der Waals surface area (Å²) in [4.78, 5) is 0. The highest BCUT2D eigenvalue weighted by molar-refractivity contribution is 8.76. The van der Waals surface area contributed by atoms with Gasteiger partial charge in [0, 0.05) is 78.3 Å². The number of ether oxygens (including phenoxy) is 12. The van der Waals surface area contributed by atoms with Gasteiger partial charge in [0.2, 0.25) is 0 Å². The summed E-state index contributed by atoms with van der Waals surface area (Å²) < 4.78 is 72.2. The van der Waals surface area contributed by atoms with Crippen LogP contribution in [0.4, 0.5) is 0 Å². The summed E-state index contributed by atoms with van der Waals surface area (Å²) in [5.41, 5.74) is 67.7. The lowest BCUT2D eigenvalue weighted by molar-refractivity contribution is -0.309. The first-order valence-electron chi connectivity index (χ1n) is 29.1. The molecule has 33 atom stereocenters. The van der Waals surface area contributed by atoms with Crippen molar-refractivity contribution in [2.45, 2.75) is 221 Å². The van der Waals surface area contributed by atoms with E-state index in [1.165, 1.54) is 23.5 Å². The van der Waals surface area contributed by atoms with E-state index in [4.69, 9.17) is 120 Å². The summed E-state index contributed by atoms with van der Waals surface area (Å²) in [6, 6.07) is -7.67. The fraction of sp³-hybridized carbons (Fsp3) is 1.00. The van der Waals surface area contributed by atoms with E-state index in [-0.39, 0.29) is 50.4 Å². The quantitative estimate of drug-likeness (QED) is 0.0235. The van der Waals surface area contributed by atoms with Crippen molar-refractivity contribution < 1.29 is 108 Å². The predicted octanol–water partition coefficient (Wildman–Crippen LogP) is -11.3. The minimum Gasteiger partial charge on any atom is -0.390 e. The Kier molecular flexibility index (Phi) is 29.9. The number of hydrogen-bond donors (Lipinski definition) is 21. The molecule has 0 spiro atoms. The second-order valence-electron chi connectivity index (χ2n) is 22.7. The first kappa shape index (κ1) is 73.5. The fourth-order valence-corrected chi connectivity index (χ4v) is 14.8. The van der Waals surface area contributed by atoms with E-state index in [2.05, 4.69) is 0 Å². The number of nitrogens with two attached hydrogens (primary N) is 11. The maximum atomic E-state index is 11.8. The van der Waals surface area contributed by atoms with Crippen LogP contribution in [0.1, 0.15) is 19.3 Å². The van der Waals surface area contributed by atoms with Gasteiger partial charge in [-0.3, -0.25) is 0 Å². The summed E-state index contributed by atoms with van der Waals surface area (Å²) in [7, 11) is 3.24. The topological polar surface area (TPSA) is 599 Å². The van der Waals surface area contributed by atoms with Gasteiger partial charge >= 0.3 is 0 Å². The number of rotatable bonds is 30. The number of thioether (sulfide) groups is 2. The van der Waals surface area contributed by atoms with Gasteiger partial charge in [-0.25, -0.2) is 0 Å². The Morgan fingerprint density at radius 2 is 0.744 bits per heavy atom. The van der Waals surface area contributed by atoms with Gasteiger partial charge in [-0.05, 0) is 19.3 Å². The first-order valence-corrected chi connectivity index (χ1v) is 33.9. The Morgan fingerprint density at radius 3 is 1.29 bits per heavy atom. The molecule has 7 fully saturated rings. The monoisotopic (exact) mass is 1320 g/mol. The molecule has 0 bridgehead atoms. The second-order valence-corrected chi connectivity index (χ2v) is 27.7. The van der Waals surface area contributed by atoms with Gasteiger partial charge in [0.15, 0.2) is 31.5 Å². The van der Waals surface area contributed by atoms with Crippen molar-refractivity contribution >= 4 is 45.1 Å². The molecule has 0 aromatic rings. The summed E-state index contributed by atoms with van der Waals surface area (Å²) >= 11 is 2.87. The minimum absolute atomic E-state index is 0.0224.